The molecular formula is C13H18N2O5. The molecule has 0 aliphatic carbocycles. The highest BCUT2D eigenvalue weighted by Gasteiger charge is 2.09. The largest absolute Gasteiger partial charge is 0.513 e. The first-order valence-electron chi connectivity index (χ1n) is 6.38. The molecule has 20 heavy (non-hydrogen) atoms. The highest BCUT2D eigenvalue weighted by Crippen LogP contribution is 2.17. The van der Waals surface area contributed by atoms with Gasteiger partial charge in [-0.3, -0.25) is 10.1 Å². The molecule has 0 fully saturated rings. The summed E-state index contributed by atoms with van der Waals surface area (Å²) in [5, 5.41) is 10.5. The lowest BCUT2D eigenvalue weighted by molar-refractivity contribution is -0.384. The van der Waals surface area contributed by atoms with Crippen molar-refractivity contribution < 1.29 is 19.2 Å². The summed E-state index contributed by atoms with van der Waals surface area (Å²) in [6, 6.07) is 5.23. The van der Waals surface area contributed by atoms with E-state index in [-0.39, 0.29) is 18.0 Å². The van der Waals surface area contributed by atoms with Gasteiger partial charge in [-0.15, -0.1) is 0 Å². The Morgan fingerprint density at radius 2 is 1.85 bits per heavy atom. The van der Waals surface area contributed by atoms with Crippen molar-refractivity contribution in [3.63, 3.8) is 0 Å². The molecule has 0 radical (unpaired) electrons. The van der Waals surface area contributed by atoms with Gasteiger partial charge in [0.1, 0.15) is 12.4 Å². The van der Waals surface area contributed by atoms with Crippen LogP contribution in [-0.2, 0) is 4.74 Å². The summed E-state index contributed by atoms with van der Waals surface area (Å²) in [7, 11) is 0. The molecule has 0 atom stereocenters. The number of carbonyl (C=O) groups is 1. The first-order valence-corrected chi connectivity index (χ1v) is 6.38. The van der Waals surface area contributed by atoms with E-state index in [4.69, 9.17) is 9.47 Å². The van der Waals surface area contributed by atoms with Gasteiger partial charge in [0.15, 0.2) is 0 Å². The summed E-state index contributed by atoms with van der Waals surface area (Å²) >= 11 is 0. The van der Waals surface area contributed by atoms with Gasteiger partial charge in [-0.1, -0.05) is 13.8 Å². The molecule has 1 aromatic carbocycles. The molecule has 0 spiro atoms. The highest BCUT2D eigenvalue weighted by molar-refractivity contribution is 5.63. The topological polar surface area (TPSA) is 81.9 Å². The number of nitro groups is 1. The molecule has 1 aromatic rings. The number of non-ortho nitro benzene ring substituents is 1. The summed E-state index contributed by atoms with van der Waals surface area (Å²) in [5.74, 6) is 0.212. The van der Waals surface area contributed by atoms with Crippen molar-refractivity contribution in [3.05, 3.63) is 34.4 Å². The lowest BCUT2D eigenvalue weighted by Crippen LogP contribution is -2.28. The first-order chi connectivity index (χ1) is 9.56. The van der Waals surface area contributed by atoms with Gasteiger partial charge in [-0.05, 0) is 25.2 Å². The number of hydrogen-bond acceptors (Lipinski definition) is 6. The molecule has 0 aromatic heterocycles. The van der Waals surface area contributed by atoms with E-state index in [9.17, 15) is 14.9 Å². The van der Waals surface area contributed by atoms with Gasteiger partial charge in [0.2, 0.25) is 0 Å². The maximum atomic E-state index is 11.4. The fourth-order valence-corrected chi connectivity index (χ4v) is 1.56. The highest BCUT2D eigenvalue weighted by atomic mass is 16.7. The number of hydrogen-bond donors (Lipinski definition) is 0. The Balaban J connectivity index is 2.37. The number of nitro benzene ring substituents is 1. The van der Waals surface area contributed by atoms with E-state index >= 15 is 0 Å². The van der Waals surface area contributed by atoms with Crippen LogP contribution in [0.15, 0.2) is 24.3 Å². The van der Waals surface area contributed by atoms with Crippen molar-refractivity contribution in [2.75, 3.05) is 26.2 Å². The van der Waals surface area contributed by atoms with Gasteiger partial charge in [0.25, 0.3) is 5.69 Å². The van der Waals surface area contributed by atoms with Gasteiger partial charge in [0, 0.05) is 18.7 Å². The van der Waals surface area contributed by atoms with Gasteiger partial charge in [0.05, 0.1) is 4.92 Å². The Morgan fingerprint density at radius 1 is 1.25 bits per heavy atom. The van der Waals surface area contributed by atoms with Crippen LogP contribution in [0.1, 0.15) is 13.8 Å². The van der Waals surface area contributed by atoms with Gasteiger partial charge < -0.3 is 14.4 Å². The minimum absolute atomic E-state index is 0.0627. The van der Waals surface area contributed by atoms with E-state index in [1.807, 2.05) is 13.8 Å². The van der Waals surface area contributed by atoms with Crippen molar-refractivity contribution in [1.29, 1.82) is 0 Å². The quantitative estimate of drug-likeness (QED) is 0.330. The van der Waals surface area contributed by atoms with E-state index < -0.39 is 11.1 Å². The van der Waals surface area contributed by atoms with Crippen LogP contribution in [-0.4, -0.2) is 42.2 Å². The third-order valence-corrected chi connectivity index (χ3v) is 2.77. The Labute approximate surface area is 117 Å². The van der Waals surface area contributed by atoms with Crippen LogP contribution in [0.2, 0.25) is 0 Å². The van der Waals surface area contributed by atoms with Crippen LogP contribution in [0.3, 0.4) is 0 Å². The van der Waals surface area contributed by atoms with Crippen molar-refractivity contribution in [2.45, 2.75) is 13.8 Å². The minimum atomic E-state index is -0.814. The van der Waals surface area contributed by atoms with Crippen molar-refractivity contribution in [3.8, 4) is 5.75 Å². The lowest BCUT2D eigenvalue weighted by atomic mass is 10.3. The third kappa shape index (κ3) is 5.23. The monoisotopic (exact) mass is 282 g/mol. The summed E-state index contributed by atoms with van der Waals surface area (Å²) in [6.45, 7) is 6.71. The SMILES string of the molecule is CCN(CC)CCOC(=O)Oc1ccc([N+](=O)[O-])cc1. The summed E-state index contributed by atoms with van der Waals surface area (Å²) < 4.78 is 9.82. The Bertz CT molecular complexity index is 443. The smallest absolute Gasteiger partial charge is 0.433 e. The number of likely N-dealkylation sites (N-methyl/N-ethyl adjacent to an activating group) is 1. The molecule has 0 bridgehead atoms. The molecule has 0 unspecified atom stereocenters. The van der Waals surface area contributed by atoms with E-state index in [0.717, 1.165) is 13.1 Å². The van der Waals surface area contributed by atoms with E-state index in [1.165, 1.54) is 24.3 Å². The zero-order valence-corrected chi connectivity index (χ0v) is 11.6. The van der Waals surface area contributed by atoms with Crippen LogP contribution in [0.5, 0.6) is 5.75 Å². The van der Waals surface area contributed by atoms with E-state index in [1.54, 1.807) is 0 Å². The molecule has 0 saturated heterocycles. The summed E-state index contributed by atoms with van der Waals surface area (Å²) in [4.78, 5) is 23.4. The first kappa shape index (κ1) is 15.9. The second kappa shape index (κ2) is 8.11. The molecular weight excluding hydrogens is 264 g/mol. The second-order valence-corrected chi connectivity index (χ2v) is 3.98. The third-order valence-electron chi connectivity index (χ3n) is 2.77. The fourth-order valence-electron chi connectivity index (χ4n) is 1.56. The predicted molar refractivity (Wildman–Crippen MR) is 72.9 cm³/mol. The Kier molecular flexibility index (Phi) is 6.45. The van der Waals surface area contributed by atoms with Crippen LogP contribution in [0.25, 0.3) is 0 Å². The molecule has 0 aliphatic heterocycles. The number of carbonyl (C=O) groups excluding carboxylic acids is 1. The molecule has 0 aliphatic rings. The molecule has 110 valence electrons. The van der Waals surface area contributed by atoms with Crippen LogP contribution in [0.4, 0.5) is 10.5 Å². The Hall–Kier alpha value is -2.15. The predicted octanol–water partition coefficient (Wildman–Crippen LogP) is 2.45. The van der Waals surface area contributed by atoms with Gasteiger partial charge >= 0.3 is 6.16 Å². The molecule has 1 rings (SSSR count). The van der Waals surface area contributed by atoms with Gasteiger partial charge in [-0.25, -0.2) is 4.79 Å². The molecule has 7 nitrogen and oxygen atoms in total. The van der Waals surface area contributed by atoms with E-state index in [2.05, 4.69) is 4.90 Å². The normalized spacial score (nSPS) is 10.3. The summed E-state index contributed by atoms with van der Waals surface area (Å²) in [6.07, 6.45) is -0.814. The van der Waals surface area contributed by atoms with Crippen LogP contribution in [0, 0.1) is 10.1 Å². The maximum absolute atomic E-state index is 11.4. The second-order valence-electron chi connectivity index (χ2n) is 3.98. The Morgan fingerprint density at radius 3 is 2.35 bits per heavy atom. The molecule has 0 heterocycles. The number of rotatable bonds is 7. The number of benzene rings is 1. The average molecular weight is 282 g/mol. The molecule has 0 amide bonds. The molecule has 0 saturated carbocycles. The standard InChI is InChI=1S/C13H18N2O5/c1-3-14(4-2)9-10-19-13(16)20-12-7-5-11(6-8-12)15(17)18/h5-8H,3-4,9-10H2,1-2H3. The van der Waals surface area contributed by atoms with E-state index in [0.29, 0.717) is 6.54 Å². The average Bonchev–Trinajstić information content (AvgIpc) is 2.44. The van der Waals surface area contributed by atoms with Crippen LogP contribution < -0.4 is 4.74 Å². The fraction of sp³-hybridized carbons (Fsp3) is 0.462. The summed E-state index contributed by atoms with van der Waals surface area (Å²) in [5.41, 5.74) is -0.0627. The zero-order valence-electron chi connectivity index (χ0n) is 11.6. The van der Waals surface area contributed by atoms with Crippen molar-refractivity contribution in [2.24, 2.45) is 0 Å². The molecule has 7 heteroatoms. The maximum Gasteiger partial charge on any atom is 0.513 e. The molecule has 0 N–H and O–H groups in total. The minimum Gasteiger partial charge on any atom is -0.433 e. The van der Waals surface area contributed by atoms with Crippen LogP contribution >= 0.6 is 0 Å². The number of nitrogens with zero attached hydrogens (tertiary/aromatic N) is 2. The van der Waals surface area contributed by atoms with Crippen molar-refractivity contribution >= 4 is 11.8 Å². The van der Waals surface area contributed by atoms with Gasteiger partial charge in [-0.2, -0.15) is 0 Å². The zero-order chi connectivity index (χ0) is 15.0. The lowest BCUT2D eigenvalue weighted by Gasteiger charge is -2.17. The number of ether oxygens (including phenoxy) is 2. The van der Waals surface area contributed by atoms with Crippen molar-refractivity contribution in [1.82, 2.24) is 4.90 Å².